The molecule has 3 rings (SSSR count). The molecule has 0 unspecified atom stereocenters. The topological polar surface area (TPSA) is 89.3 Å². The summed E-state index contributed by atoms with van der Waals surface area (Å²) in [7, 11) is 0. The van der Waals surface area contributed by atoms with E-state index in [2.05, 4.69) is 6.07 Å². The predicted molar refractivity (Wildman–Crippen MR) is 86.4 cm³/mol. The van der Waals surface area contributed by atoms with Gasteiger partial charge in [0.05, 0.1) is 5.92 Å². The monoisotopic (exact) mass is 330 g/mol. The van der Waals surface area contributed by atoms with Gasteiger partial charge in [-0.1, -0.05) is 18.7 Å². The van der Waals surface area contributed by atoms with E-state index in [1.807, 2.05) is 19.9 Å². The number of aryl methyl sites for hydroxylation is 1. The van der Waals surface area contributed by atoms with Crippen LogP contribution in [-0.2, 0) is 9.53 Å². The van der Waals surface area contributed by atoms with Crippen LogP contribution in [0.2, 0.25) is 0 Å². The van der Waals surface area contributed by atoms with Crippen LogP contribution in [0.1, 0.15) is 43.4 Å². The molecule has 0 aromatic carbocycles. The second kappa shape index (κ2) is 6.17. The highest BCUT2D eigenvalue weighted by molar-refractivity contribution is 7.99. The Morgan fingerprint density at radius 1 is 1.48 bits per heavy atom. The molecule has 1 aromatic heterocycles. The van der Waals surface area contributed by atoms with E-state index in [1.54, 1.807) is 11.8 Å². The van der Waals surface area contributed by atoms with Gasteiger partial charge < -0.3 is 14.9 Å². The number of rotatable bonds is 3. The molecule has 1 aromatic rings. The van der Waals surface area contributed by atoms with E-state index in [0.29, 0.717) is 29.9 Å². The zero-order valence-corrected chi connectivity index (χ0v) is 14.0. The van der Waals surface area contributed by atoms with Gasteiger partial charge in [-0.2, -0.15) is 5.26 Å². The van der Waals surface area contributed by atoms with Crippen LogP contribution in [0.5, 0.6) is 0 Å². The van der Waals surface area contributed by atoms with E-state index in [4.69, 9.17) is 14.9 Å². The summed E-state index contributed by atoms with van der Waals surface area (Å²) < 4.78 is 11.3. The van der Waals surface area contributed by atoms with E-state index in [0.717, 1.165) is 22.8 Å². The largest absolute Gasteiger partial charge is 0.455 e. The average molecular weight is 330 g/mol. The first-order chi connectivity index (χ1) is 11.1. The number of hydrogen-bond donors (Lipinski definition) is 1. The van der Waals surface area contributed by atoms with Gasteiger partial charge >= 0.3 is 0 Å². The molecule has 0 bridgehead atoms. The van der Waals surface area contributed by atoms with Crippen LogP contribution in [-0.4, -0.2) is 11.5 Å². The molecule has 6 heteroatoms. The Morgan fingerprint density at radius 2 is 2.26 bits per heavy atom. The van der Waals surface area contributed by atoms with Crippen molar-refractivity contribution in [1.29, 1.82) is 5.26 Å². The van der Waals surface area contributed by atoms with Gasteiger partial charge in [-0.3, -0.25) is 4.79 Å². The molecule has 1 atom stereocenters. The Bertz CT molecular complexity index is 767. The van der Waals surface area contributed by atoms with E-state index in [-0.39, 0.29) is 17.2 Å². The molecule has 1 aliphatic heterocycles. The summed E-state index contributed by atoms with van der Waals surface area (Å²) in [6.07, 6.45) is 1.90. The van der Waals surface area contributed by atoms with E-state index < -0.39 is 5.92 Å². The zero-order chi connectivity index (χ0) is 16.6. The van der Waals surface area contributed by atoms with Crippen molar-refractivity contribution in [1.82, 2.24) is 0 Å². The van der Waals surface area contributed by atoms with Gasteiger partial charge in [0.1, 0.15) is 23.2 Å². The van der Waals surface area contributed by atoms with Crippen molar-refractivity contribution < 1.29 is 13.9 Å². The number of carbonyl (C=O) groups is 1. The van der Waals surface area contributed by atoms with Gasteiger partial charge in [0.2, 0.25) is 5.88 Å². The van der Waals surface area contributed by atoms with Crippen LogP contribution in [0, 0.1) is 18.3 Å². The molecule has 2 N–H and O–H groups in total. The lowest BCUT2D eigenvalue weighted by Crippen LogP contribution is -2.27. The number of nitrogens with two attached hydrogens (primary N) is 1. The van der Waals surface area contributed by atoms with E-state index in [1.165, 1.54) is 0 Å². The van der Waals surface area contributed by atoms with E-state index >= 15 is 0 Å². The first-order valence-corrected chi connectivity index (χ1v) is 8.62. The number of hydrogen-bond acceptors (Lipinski definition) is 6. The summed E-state index contributed by atoms with van der Waals surface area (Å²) in [5.74, 6) is 1.84. The normalized spacial score (nSPS) is 21.1. The van der Waals surface area contributed by atoms with Gasteiger partial charge in [-0.05, 0) is 25.2 Å². The lowest BCUT2D eigenvalue weighted by molar-refractivity contribution is -0.116. The van der Waals surface area contributed by atoms with Crippen molar-refractivity contribution in [3.05, 3.63) is 40.2 Å². The lowest BCUT2D eigenvalue weighted by Gasteiger charge is -2.30. The molecule has 5 nitrogen and oxygen atoms in total. The lowest BCUT2D eigenvalue weighted by atomic mass is 9.78. The Morgan fingerprint density at radius 3 is 2.96 bits per heavy atom. The average Bonchev–Trinajstić information content (AvgIpc) is 2.87. The van der Waals surface area contributed by atoms with Crippen molar-refractivity contribution in [3.63, 3.8) is 0 Å². The summed E-state index contributed by atoms with van der Waals surface area (Å²) in [5.41, 5.74) is 7.62. The number of nitrogens with zero attached hydrogens (tertiary/aromatic N) is 1. The summed E-state index contributed by atoms with van der Waals surface area (Å²) >= 11 is 1.58. The molecular weight excluding hydrogens is 312 g/mol. The standard InChI is InChI=1S/C17H18N2O3S/c1-3-23-14-7-10(9(2)21-14)15-11(8-18)17(19)22-13-6-4-5-12(20)16(13)15/h7,15H,3-6,19H2,1-2H3/t15-/m0/s1. The number of ketones is 1. The molecule has 0 saturated carbocycles. The maximum atomic E-state index is 12.5. The third-order valence-corrected chi connectivity index (χ3v) is 4.91. The summed E-state index contributed by atoms with van der Waals surface area (Å²) in [6.45, 7) is 3.89. The smallest absolute Gasteiger partial charge is 0.205 e. The number of furan rings is 1. The maximum Gasteiger partial charge on any atom is 0.205 e. The fourth-order valence-electron chi connectivity index (χ4n) is 3.14. The van der Waals surface area contributed by atoms with Gasteiger partial charge in [-0.15, -0.1) is 0 Å². The van der Waals surface area contributed by atoms with Crippen LogP contribution in [0.25, 0.3) is 0 Å². The third-order valence-electron chi connectivity index (χ3n) is 4.14. The Hall–Kier alpha value is -2.13. The highest BCUT2D eigenvalue weighted by atomic mass is 32.2. The Kier molecular flexibility index (Phi) is 4.22. The maximum absolute atomic E-state index is 12.5. The van der Waals surface area contributed by atoms with Crippen LogP contribution < -0.4 is 5.73 Å². The number of allylic oxidation sites excluding steroid dienone is 3. The molecule has 0 radical (unpaired) electrons. The first-order valence-electron chi connectivity index (χ1n) is 7.63. The molecule has 23 heavy (non-hydrogen) atoms. The predicted octanol–water partition coefficient (Wildman–Crippen LogP) is 3.51. The molecule has 0 amide bonds. The Balaban J connectivity index is 2.15. The van der Waals surface area contributed by atoms with Crippen molar-refractivity contribution in [2.45, 2.75) is 44.1 Å². The molecule has 2 aliphatic rings. The molecule has 0 saturated heterocycles. The Labute approximate surface area is 139 Å². The molecule has 2 heterocycles. The van der Waals surface area contributed by atoms with Crippen molar-refractivity contribution in [2.75, 3.05) is 5.75 Å². The SMILES string of the molecule is CCSc1cc([C@H]2C(C#N)=C(N)OC3=C2C(=O)CCC3)c(C)o1. The van der Waals surface area contributed by atoms with Gasteiger partial charge in [0.15, 0.2) is 10.9 Å². The van der Waals surface area contributed by atoms with Gasteiger partial charge in [-0.25, -0.2) is 0 Å². The fraction of sp³-hybridized carbons (Fsp3) is 0.412. The summed E-state index contributed by atoms with van der Waals surface area (Å²) in [6, 6.07) is 4.03. The molecule has 120 valence electrons. The number of nitriles is 1. The quantitative estimate of drug-likeness (QED) is 0.853. The molecule has 1 aliphatic carbocycles. The highest BCUT2D eigenvalue weighted by Crippen LogP contribution is 2.45. The van der Waals surface area contributed by atoms with Crippen LogP contribution >= 0.6 is 11.8 Å². The summed E-state index contributed by atoms with van der Waals surface area (Å²) in [5, 5.41) is 10.3. The van der Waals surface area contributed by atoms with Crippen molar-refractivity contribution >= 4 is 17.5 Å². The third kappa shape index (κ3) is 2.66. The van der Waals surface area contributed by atoms with Crippen molar-refractivity contribution in [3.8, 4) is 6.07 Å². The minimum Gasteiger partial charge on any atom is -0.455 e. The van der Waals surface area contributed by atoms with E-state index in [9.17, 15) is 10.1 Å². The first kappa shape index (κ1) is 15.8. The second-order valence-corrected chi connectivity index (χ2v) is 6.82. The number of carbonyl (C=O) groups excluding carboxylic acids is 1. The number of thioether (sulfide) groups is 1. The van der Waals surface area contributed by atoms with Crippen LogP contribution in [0.3, 0.4) is 0 Å². The van der Waals surface area contributed by atoms with Crippen LogP contribution in [0.15, 0.2) is 38.4 Å². The van der Waals surface area contributed by atoms with Crippen LogP contribution in [0.4, 0.5) is 0 Å². The van der Waals surface area contributed by atoms with Gasteiger partial charge in [0.25, 0.3) is 0 Å². The molecule has 0 spiro atoms. The number of Topliss-reactive ketones (excluding diaryl/α,β-unsaturated/α-hetero) is 1. The summed E-state index contributed by atoms with van der Waals surface area (Å²) in [4.78, 5) is 12.5. The molecule has 0 fully saturated rings. The minimum atomic E-state index is -0.480. The van der Waals surface area contributed by atoms with Crippen molar-refractivity contribution in [2.24, 2.45) is 5.73 Å². The van der Waals surface area contributed by atoms with Gasteiger partial charge in [0, 0.05) is 24.0 Å². The second-order valence-electron chi connectivity index (χ2n) is 5.55. The fourth-order valence-corrected chi connectivity index (χ4v) is 3.81. The molecular formula is C17H18N2O3S. The minimum absolute atomic E-state index is 0.0294. The highest BCUT2D eigenvalue weighted by Gasteiger charge is 2.39. The number of ether oxygens (including phenoxy) is 1. The zero-order valence-electron chi connectivity index (χ0n) is 13.1.